The Hall–Kier alpha value is -4.60. The van der Waals surface area contributed by atoms with Crippen LogP contribution in [0.25, 0.3) is 10.9 Å². The Morgan fingerprint density at radius 3 is 2.70 bits per heavy atom. The number of benzene rings is 2. The predicted octanol–water partition coefficient (Wildman–Crippen LogP) is 3.99. The molecular formula is C34H39N5O5. The first-order valence-corrected chi connectivity index (χ1v) is 15.4. The molecule has 2 bridgehead atoms. The van der Waals surface area contributed by atoms with Crippen molar-refractivity contribution in [2.45, 2.75) is 58.0 Å². The van der Waals surface area contributed by atoms with Crippen molar-refractivity contribution < 1.29 is 23.6 Å². The third-order valence-corrected chi connectivity index (χ3v) is 8.84. The summed E-state index contributed by atoms with van der Waals surface area (Å²) < 4.78 is 13.3. The first-order valence-electron chi connectivity index (χ1n) is 15.4. The summed E-state index contributed by atoms with van der Waals surface area (Å²) >= 11 is 0. The van der Waals surface area contributed by atoms with Gasteiger partial charge in [-0.25, -0.2) is 0 Å². The molecule has 44 heavy (non-hydrogen) atoms. The lowest BCUT2D eigenvalue weighted by Gasteiger charge is -2.26. The molecule has 2 aliphatic rings. The van der Waals surface area contributed by atoms with Gasteiger partial charge in [-0.15, -0.1) is 0 Å². The smallest absolute Gasteiger partial charge is 0.242 e. The van der Waals surface area contributed by atoms with Gasteiger partial charge in [-0.3, -0.25) is 14.4 Å². The summed E-state index contributed by atoms with van der Waals surface area (Å²) in [5.41, 5.74) is 3.76. The van der Waals surface area contributed by atoms with Crippen LogP contribution in [0, 0.1) is 13.8 Å². The van der Waals surface area contributed by atoms with Gasteiger partial charge in [-0.05, 0) is 68.3 Å². The van der Waals surface area contributed by atoms with Gasteiger partial charge in [0.05, 0.1) is 24.9 Å². The monoisotopic (exact) mass is 597 g/mol. The van der Waals surface area contributed by atoms with Crippen molar-refractivity contribution >= 4 is 28.6 Å². The van der Waals surface area contributed by atoms with E-state index in [1.54, 1.807) is 4.90 Å². The van der Waals surface area contributed by atoms with Gasteiger partial charge >= 0.3 is 0 Å². The minimum absolute atomic E-state index is 0.0211. The summed E-state index contributed by atoms with van der Waals surface area (Å²) in [6, 6.07) is 17.6. The van der Waals surface area contributed by atoms with Crippen molar-refractivity contribution in [2.75, 3.05) is 32.8 Å². The molecule has 0 spiro atoms. The van der Waals surface area contributed by atoms with E-state index in [9.17, 15) is 14.4 Å². The molecule has 4 heterocycles. The number of carbonyl (C=O) groups excluding carboxylic acids is 3. The molecule has 0 unspecified atom stereocenters. The van der Waals surface area contributed by atoms with Gasteiger partial charge < -0.3 is 28.9 Å². The second-order valence-corrected chi connectivity index (χ2v) is 11.8. The summed E-state index contributed by atoms with van der Waals surface area (Å²) in [5.74, 6) is 1.08. The summed E-state index contributed by atoms with van der Waals surface area (Å²) in [6.07, 6.45) is 4.26. The molecule has 10 nitrogen and oxygen atoms in total. The summed E-state index contributed by atoms with van der Waals surface area (Å²) in [6.45, 7) is 5.70. The average Bonchev–Trinajstić information content (AvgIpc) is 3.72. The molecule has 2 aromatic heterocycles. The number of nitrogens with one attached hydrogen (secondary N) is 1. The van der Waals surface area contributed by atoms with E-state index < -0.39 is 0 Å². The Morgan fingerprint density at radius 1 is 1.00 bits per heavy atom. The maximum atomic E-state index is 13.5. The average molecular weight is 598 g/mol. The van der Waals surface area contributed by atoms with Crippen molar-refractivity contribution in [3.8, 4) is 5.75 Å². The Bertz CT molecular complexity index is 1640. The van der Waals surface area contributed by atoms with Crippen LogP contribution >= 0.6 is 0 Å². The molecule has 2 aliphatic heterocycles. The largest absolute Gasteiger partial charge is 0.494 e. The van der Waals surface area contributed by atoms with Crippen LogP contribution in [-0.2, 0) is 27.3 Å². The number of hydrogen-bond donors (Lipinski definition) is 1. The quantitative estimate of drug-likeness (QED) is 0.373. The fourth-order valence-electron chi connectivity index (χ4n) is 6.41. The van der Waals surface area contributed by atoms with Gasteiger partial charge in [0.1, 0.15) is 18.1 Å². The number of hydrogen-bond acceptors (Lipinski definition) is 6. The van der Waals surface area contributed by atoms with Crippen LogP contribution < -0.4 is 10.1 Å². The first-order chi connectivity index (χ1) is 21.4. The van der Waals surface area contributed by atoms with Crippen molar-refractivity contribution in [3.63, 3.8) is 0 Å². The molecule has 10 heteroatoms. The number of amides is 3. The zero-order chi connectivity index (χ0) is 30.6. The molecule has 2 aromatic carbocycles. The highest BCUT2D eigenvalue weighted by molar-refractivity contribution is 5.87. The fraction of sp³-hybridized carbons (Fsp3) is 0.412. The van der Waals surface area contributed by atoms with Crippen LogP contribution in [0.2, 0.25) is 0 Å². The van der Waals surface area contributed by atoms with Crippen LogP contribution in [0.1, 0.15) is 47.8 Å². The molecule has 2 atom stereocenters. The topological polar surface area (TPSA) is 110 Å². The van der Waals surface area contributed by atoms with Crippen LogP contribution in [0.3, 0.4) is 0 Å². The lowest BCUT2D eigenvalue weighted by atomic mass is 9.94. The molecule has 1 fully saturated rings. The number of fused-ring (bicyclic) bond motifs is 5. The van der Waals surface area contributed by atoms with Gasteiger partial charge in [0.25, 0.3) is 0 Å². The number of ether oxygens (including phenoxy) is 1. The van der Waals surface area contributed by atoms with Crippen LogP contribution in [0.15, 0.2) is 65.3 Å². The number of carbonyl (C=O) groups is 3. The van der Waals surface area contributed by atoms with E-state index in [0.717, 1.165) is 45.7 Å². The third-order valence-electron chi connectivity index (χ3n) is 8.84. The Morgan fingerprint density at radius 2 is 1.86 bits per heavy atom. The number of aromatic nitrogens is 2. The Kier molecular flexibility index (Phi) is 8.67. The summed E-state index contributed by atoms with van der Waals surface area (Å²) in [4.78, 5) is 43.9. The number of rotatable bonds is 5. The molecule has 1 saturated heterocycles. The number of para-hydroxylation sites is 1. The molecule has 6 rings (SSSR count). The van der Waals surface area contributed by atoms with Gasteiger partial charge in [0.15, 0.2) is 0 Å². The fourth-order valence-corrected chi connectivity index (χ4v) is 6.41. The number of nitrogens with zero attached hydrogens (tertiary/aromatic N) is 4. The van der Waals surface area contributed by atoms with Gasteiger partial charge in [-0.1, -0.05) is 35.5 Å². The van der Waals surface area contributed by atoms with E-state index in [1.807, 2.05) is 84.1 Å². The second kappa shape index (κ2) is 13.0. The second-order valence-electron chi connectivity index (χ2n) is 11.8. The Labute approximate surface area is 256 Å². The zero-order valence-electron chi connectivity index (χ0n) is 25.3. The van der Waals surface area contributed by atoms with Crippen molar-refractivity contribution in [2.24, 2.45) is 0 Å². The minimum atomic E-state index is -0.297. The van der Waals surface area contributed by atoms with Crippen LogP contribution in [-0.4, -0.2) is 76.1 Å². The Balaban J connectivity index is 1.18. The molecule has 0 radical (unpaired) electrons. The summed E-state index contributed by atoms with van der Waals surface area (Å²) in [7, 11) is 0. The van der Waals surface area contributed by atoms with Crippen molar-refractivity contribution in [1.29, 1.82) is 0 Å². The SMILES string of the molecule is Cc1noc(C)c1CCC(=O)N1C[C@@H]2NC(=O)CN(C(=O)Cn3ccc4ccccc43)CCCCOc3cccc(c3)[C@H]2C1. The third kappa shape index (κ3) is 6.49. The standard InChI is InChI=1S/C34H39N5O5/c1-23-28(24(2)44-36-23)12-13-33(41)39-19-29-26-9-7-10-27(18-26)43-17-6-5-15-38(21-32(40)35-30(29)20-39)34(42)22-37-16-14-25-8-3-4-11-31(25)37/h3-4,7-11,14,16,18,29-30H,5-6,12-13,15,17,19-22H2,1-2H3,(H,35,40)/t29-,30+/m1/s1. The van der Waals surface area contributed by atoms with E-state index >= 15 is 0 Å². The van der Waals surface area contributed by atoms with E-state index in [4.69, 9.17) is 9.26 Å². The molecule has 0 saturated carbocycles. The van der Waals surface area contributed by atoms with Crippen LogP contribution in [0.5, 0.6) is 5.75 Å². The maximum absolute atomic E-state index is 13.5. The van der Waals surface area contributed by atoms with E-state index in [2.05, 4.69) is 10.5 Å². The number of likely N-dealkylation sites (tertiary alicyclic amines) is 1. The lowest BCUT2D eigenvalue weighted by Crippen LogP contribution is -2.47. The van der Waals surface area contributed by atoms with Gasteiger partial charge in [0.2, 0.25) is 17.7 Å². The molecule has 1 N–H and O–H groups in total. The maximum Gasteiger partial charge on any atom is 0.242 e. The van der Waals surface area contributed by atoms with Gasteiger partial charge in [-0.2, -0.15) is 0 Å². The van der Waals surface area contributed by atoms with Crippen molar-refractivity contribution in [3.05, 3.63) is 83.4 Å². The predicted molar refractivity (Wildman–Crippen MR) is 165 cm³/mol. The summed E-state index contributed by atoms with van der Waals surface area (Å²) in [5, 5.41) is 8.26. The molecule has 230 valence electrons. The van der Waals surface area contributed by atoms with Gasteiger partial charge in [0, 0.05) is 49.2 Å². The van der Waals surface area contributed by atoms with E-state index in [-0.39, 0.29) is 42.8 Å². The highest BCUT2D eigenvalue weighted by Gasteiger charge is 2.37. The van der Waals surface area contributed by atoms with E-state index in [1.165, 1.54) is 0 Å². The first kappa shape index (κ1) is 29.5. The molecule has 4 aromatic rings. The normalized spacial score (nSPS) is 19.3. The van der Waals surface area contributed by atoms with Crippen LogP contribution in [0.4, 0.5) is 0 Å². The molecular weight excluding hydrogens is 558 g/mol. The van der Waals surface area contributed by atoms with E-state index in [0.29, 0.717) is 45.5 Å². The highest BCUT2D eigenvalue weighted by atomic mass is 16.5. The molecule has 3 amide bonds. The molecule has 0 aliphatic carbocycles. The lowest BCUT2D eigenvalue weighted by molar-refractivity contribution is -0.136. The highest BCUT2D eigenvalue weighted by Crippen LogP contribution is 2.31. The number of aryl methyl sites for hydroxylation is 2. The minimum Gasteiger partial charge on any atom is -0.494 e. The van der Waals surface area contributed by atoms with Crippen molar-refractivity contribution in [1.82, 2.24) is 24.8 Å². The zero-order valence-corrected chi connectivity index (χ0v) is 25.3.